The Balaban J connectivity index is 1.80. The molecule has 6 nitrogen and oxygen atoms in total. The van der Waals surface area contributed by atoms with Crippen LogP contribution in [0.3, 0.4) is 0 Å². The van der Waals surface area contributed by atoms with Gasteiger partial charge in [-0.2, -0.15) is 0 Å². The SMILES string of the molecule is COc1ccc(CC(=O)NC(=S)NNC(=O)c2ccc(C(C)(C)C)cc2)cc1. The van der Waals surface area contributed by atoms with Gasteiger partial charge in [0.05, 0.1) is 13.5 Å². The maximum atomic E-state index is 12.2. The molecule has 0 aliphatic heterocycles. The minimum atomic E-state index is -0.341. The highest BCUT2D eigenvalue weighted by Crippen LogP contribution is 2.22. The van der Waals surface area contributed by atoms with Crippen LogP contribution in [0.5, 0.6) is 5.75 Å². The van der Waals surface area contributed by atoms with Gasteiger partial charge in [0.25, 0.3) is 5.91 Å². The third-order valence-electron chi connectivity index (χ3n) is 4.08. The van der Waals surface area contributed by atoms with E-state index in [1.165, 1.54) is 0 Å². The summed E-state index contributed by atoms with van der Waals surface area (Å²) in [5.41, 5.74) is 7.49. The van der Waals surface area contributed by atoms with E-state index in [9.17, 15) is 9.59 Å². The molecule has 28 heavy (non-hydrogen) atoms. The van der Waals surface area contributed by atoms with Gasteiger partial charge in [0.2, 0.25) is 5.91 Å². The average molecular weight is 400 g/mol. The van der Waals surface area contributed by atoms with E-state index in [1.54, 1.807) is 43.5 Å². The molecule has 148 valence electrons. The second kappa shape index (κ2) is 9.32. The van der Waals surface area contributed by atoms with Gasteiger partial charge >= 0.3 is 0 Å². The first-order chi connectivity index (χ1) is 13.2. The third-order valence-corrected chi connectivity index (χ3v) is 4.28. The number of benzene rings is 2. The molecule has 7 heteroatoms. The first-order valence-corrected chi connectivity index (χ1v) is 9.23. The van der Waals surface area contributed by atoms with Gasteiger partial charge in [0.1, 0.15) is 5.75 Å². The Morgan fingerprint density at radius 1 is 0.964 bits per heavy atom. The van der Waals surface area contributed by atoms with E-state index in [2.05, 4.69) is 36.9 Å². The van der Waals surface area contributed by atoms with Crippen LogP contribution in [0, 0.1) is 0 Å². The van der Waals surface area contributed by atoms with Gasteiger partial charge in [-0.3, -0.25) is 20.4 Å². The lowest BCUT2D eigenvalue weighted by Gasteiger charge is -2.19. The molecular weight excluding hydrogens is 374 g/mol. The molecule has 0 aliphatic rings. The lowest BCUT2D eigenvalue weighted by Crippen LogP contribution is -2.48. The number of rotatable bonds is 4. The fraction of sp³-hybridized carbons (Fsp3) is 0.286. The van der Waals surface area contributed by atoms with Crippen LogP contribution in [-0.2, 0) is 16.6 Å². The van der Waals surface area contributed by atoms with E-state index in [4.69, 9.17) is 17.0 Å². The minimum Gasteiger partial charge on any atom is -0.497 e. The van der Waals surface area contributed by atoms with Gasteiger partial charge in [0, 0.05) is 5.56 Å². The zero-order valence-electron chi connectivity index (χ0n) is 16.5. The molecule has 2 amide bonds. The number of amides is 2. The Labute approximate surface area is 170 Å². The van der Waals surface area contributed by atoms with Gasteiger partial charge in [0.15, 0.2) is 5.11 Å². The number of thiocarbonyl (C=S) groups is 1. The number of methoxy groups -OCH3 is 1. The molecule has 0 atom stereocenters. The first-order valence-electron chi connectivity index (χ1n) is 8.82. The summed E-state index contributed by atoms with van der Waals surface area (Å²) in [6.45, 7) is 6.32. The number of nitrogens with one attached hydrogen (secondary N) is 3. The predicted molar refractivity (Wildman–Crippen MR) is 113 cm³/mol. The summed E-state index contributed by atoms with van der Waals surface area (Å²) < 4.78 is 5.08. The molecule has 0 saturated heterocycles. The number of carbonyl (C=O) groups is 2. The Bertz CT molecular complexity index is 841. The summed E-state index contributed by atoms with van der Waals surface area (Å²) in [5, 5.41) is 2.55. The third kappa shape index (κ3) is 6.35. The van der Waals surface area contributed by atoms with Crippen molar-refractivity contribution >= 4 is 29.1 Å². The molecule has 0 radical (unpaired) electrons. The van der Waals surface area contributed by atoms with Crippen LogP contribution in [0.1, 0.15) is 42.3 Å². The second-order valence-electron chi connectivity index (χ2n) is 7.31. The molecule has 0 aromatic heterocycles. The zero-order chi connectivity index (χ0) is 20.7. The Kier molecular flexibility index (Phi) is 7.12. The molecule has 2 rings (SSSR count). The molecule has 0 spiro atoms. The molecule has 3 N–H and O–H groups in total. The van der Waals surface area contributed by atoms with Crippen LogP contribution in [0.15, 0.2) is 48.5 Å². The first kappa shape index (κ1) is 21.4. The Morgan fingerprint density at radius 2 is 1.57 bits per heavy atom. The number of carbonyl (C=O) groups excluding carboxylic acids is 2. The molecular formula is C21H25N3O3S. The minimum absolute atomic E-state index is 0.0169. The summed E-state index contributed by atoms with van der Waals surface area (Å²) in [5.74, 6) is 0.0956. The molecule has 0 saturated carbocycles. The van der Waals surface area contributed by atoms with Crippen molar-refractivity contribution in [3.63, 3.8) is 0 Å². The maximum absolute atomic E-state index is 12.2. The highest BCUT2D eigenvalue weighted by atomic mass is 32.1. The molecule has 2 aromatic carbocycles. The quantitative estimate of drug-likeness (QED) is 0.544. The van der Waals surface area contributed by atoms with Crippen LogP contribution in [0.25, 0.3) is 0 Å². The van der Waals surface area contributed by atoms with Crippen molar-refractivity contribution in [2.45, 2.75) is 32.6 Å². The Morgan fingerprint density at radius 3 is 2.11 bits per heavy atom. The predicted octanol–water partition coefficient (Wildman–Crippen LogP) is 2.87. The lowest BCUT2D eigenvalue weighted by atomic mass is 9.87. The Hall–Kier alpha value is -2.93. The van der Waals surface area contributed by atoms with Crippen LogP contribution in [0.2, 0.25) is 0 Å². The van der Waals surface area contributed by atoms with Crippen LogP contribution in [0.4, 0.5) is 0 Å². The lowest BCUT2D eigenvalue weighted by molar-refractivity contribution is -0.119. The second-order valence-corrected chi connectivity index (χ2v) is 7.72. The van der Waals surface area contributed by atoms with E-state index in [0.29, 0.717) is 5.56 Å². The van der Waals surface area contributed by atoms with Crippen molar-refractivity contribution in [2.24, 2.45) is 0 Å². The number of ether oxygens (including phenoxy) is 1. The van der Waals surface area contributed by atoms with E-state index >= 15 is 0 Å². The van der Waals surface area contributed by atoms with Crippen molar-refractivity contribution in [1.82, 2.24) is 16.2 Å². The molecule has 0 unspecified atom stereocenters. The smallest absolute Gasteiger partial charge is 0.269 e. The van der Waals surface area contributed by atoms with Gasteiger partial charge in [-0.15, -0.1) is 0 Å². The highest BCUT2D eigenvalue weighted by Gasteiger charge is 2.14. The molecule has 0 heterocycles. The van der Waals surface area contributed by atoms with Crippen molar-refractivity contribution in [1.29, 1.82) is 0 Å². The molecule has 2 aromatic rings. The number of hydrazine groups is 1. The molecule has 0 fully saturated rings. The van der Waals surface area contributed by atoms with Gasteiger partial charge in [-0.1, -0.05) is 45.0 Å². The molecule has 0 bridgehead atoms. The average Bonchev–Trinajstić information content (AvgIpc) is 2.66. The van der Waals surface area contributed by atoms with Crippen LogP contribution >= 0.6 is 12.2 Å². The largest absolute Gasteiger partial charge is 0.497 e. The fourth-order valence-electron chi connectivity index (χ4n) is 2.44. The standard InChI is InChI=1S/C21H25N3O3S/c1-21(2,3)16-9-7-15(8-10-16)19(26)23-24-20(28)22-18(25)13-14-5-11-17(27-4)12-6-14/h5-12H,13H2,1-4H3,(H,23,26)(H2,22,24,25,28). The summed E-state index contributed by atoms with van der Waals surface area (Å²) in [6, 6.07) is 14.5. The van der Waals surface area contributed by atoms with Crippen molar-refractivity contribution in [3.05, 3.63) is 65.2 Å². The van der Waals surface area contributed by atoms with E-state index in [1.807, 2.05) is 12.1 Å². The normalized spacial score (nSPS) is 10.7. The van der Waals surface area contributed by atoms with Gasteiger partial charge in [-0.25, -0.2) is 0 Å². The van der Waals surface area contributed by atoms with E-state index < -0.39 is 0 Å². The number of hydrogen-bond donors (Lipinski definition) is 3. The summed E-state index contributed by atoms with van der Waals surface area (Å²) in [4.78, 5) is 24.2. The van der Waals surface area contributed by atoms with Crippen LogP contribution in [-0.4, -0.2) is 24.0 Å². The van der Waals surface area contributed by atoms with Crippen molar-refractivity contribution < 1.29 is 14.3 Å². The maximum Gasteiger partial charge on any atom is 0.269 e. The topological polar surface area (TPSA) is 79.5 Å². The fourth-order valence-corrected chi connectivity index (χ4v) is 2.60. The van der Waals surface area contributed by atoms with Gasteiger partial charge in [-0.05, 0) is 53.0 Å². The summed E-state index contributed by atoms with van der Waals surface area (Å²) >= 11 is 5.05. The van der Waals surface area contributed by atoms with E-state index in [-0.39, 0.29) is 28.8 Å². The molecule has 0 aliphatic carbocycles. The summed E-state index contributed by atoms with van der Waals surface area (Å²) in [7, 11) is 1.58. The van der Waals surface area contributed by atoms with Crippen molar-refractivity contribution in [2.75, 3.05) is 7.11 Å². The van der Waals surface area contributed by atoms with Gasteiger partial charge < -0.3 is 10.1 Å². The monoisotopic (exact) mass is 399 g/mol. The highest BCUT2D eigenvalue weighted by molar-refractivity contribution is 7.80. The number of hydrogen-bond acceptors (Lipinski definition) is 4. The van der Waals surface area contributed by atoms with Crippen LogP contribution < -0.4 is 20.9 Å². The summed E-state index contributed by atoms with van der Waals surface area (Å²) in [6.07, 6.45) is 0.161. The van der Waals surface area contributed by atoms with Crippen molar-refractivity contribution in [3.8, 4) is 5.75 Å². The van der Waals surface area contributed by atoms with E-state index in [0.717, 1.165) is 16.9 Å². The zero-order valence-corrected chi connectivity index (χ0v) is 17.3.